The van der Waals surface area contributed by atoms with Crippen molar-refractivity contribution in [3.05, 3.63) is 56.4 Å². The number of halogens is 2. The third kappa shape index (κ3) is 3.31. The van der Waals surface area contributed by atoms with Crippen LogP contribution in [0.1, 0.15) is 12.5 Å². The fraction of sp³-hybridized carbons (Fsp3) is 0.267. The van der Waals surface area contributed by atoms with E-state index in [9.17, 15) is 9.59 Å². The zero-order valence-corrected chi connectivity index (χ0v) is 13.7. The molecule has 116 valence electrons. The fourth-order valence-corrected chi connectivity index (χ4v) is 2.39. The number of benzene rings is 1. The summed E-state index contributed by atoms with van der Waals surface area (Å²) in [7, 11) is 0. The van der Waals surface area contributed by atoms with Gasteiger partial charge in [-0.05, 0) is 25.5 Å². The molecule has 22 heavy (non-hydrogen) atoms. The molecule has 1 aromatic heterocycles. The molecule has 0 radical (unpaired) electrons. The Bertz CT molecular complexity index is 759. The molecule has 1 aromatic carbocycles. The Morgan fingerprint density at radius 3 is 2.64 bits per heavy atom. The van der Waals surface area contributed by atoms with Crippen LogP contribution in [0.3, 0.4) is 0 Å². The Labute approximate surface area is 138 Å². The van der Waals surface area contributed by atoms with Crippen LogP contribution in [0, 0.1) is 6.92 Å². The molecule has 0 fully saturated rings. The van der Waals surface area contributed by atoms with Crippen molar-refractivity contribution in [2.75, 3.05) is 11.4 Å². The summed E-state index contributed by atoms with van der Waals surface area (Å²) in [6.07, 6.45) is 1.25. The van der Waals surface area contributed by atoms with E-state index in [-0.39, 0.29) is 22.5 Å². The Morgan fingerprint density at radius 1 is 1.32 bits per heavy atom. The summed E-state index contributed by atoms with van der Waals surface area (Å²) < 4.78 is 1.01. The third-order valence-corrected chi connectivity index (χ3v) is 4.00. The van der Waals surface area contributed by atoms with Crippen LogP contribution in [-0.4, -0.2) is 22.2 Å². The number of hydrogen-bond donors (Lipinski definition) is 0. The van der Waals surface area contributed by atoms with Gasteiger partial charge in [0.2, 0.25) is 5.91 Å². The number of aryl methyl sites for hydroxylation is 1. The topological polar surface area (TPSA) is 55.2 Å². The Kier molecular flexibility index (Phi) is 5.21. The lowest BCUT2D eigenvalue weighted by Gasteiger charge is -2.23. The van der Waals surface area contributed by atoms with Gasteiger partial charge in [0.25, 0.3) is 5.56 Å². The SMILES string of the molecule is CCN(C(=O)Cn1ncc(Cl)c(Cl)c1=O)c1ccccc1C. The molecule has 1 amide bonds. The Hall–Kier alpha value is -1.85. The molecule has 0 N–H and O–H groups in total. The van der Waals surface area contributed by atoms with Crippen molar-refractivity contribution in [2.45, 2.75) is 20.4 Å². The van der Waals surface area contributed by atoms with Gasteiger partial charge in [-0.25, -0.2) is 4.68 Å². The number of likely N-dealkylation sites (N-methyl/N-ethyl adjacent to an activating group) is 1. The van der Waals surface area contributed by atoms with E-state index in [1.807, 2.05) is 38.1 Å². The zero-order valence-electron chi connectivity index (χ0n) is 12.2. The van der Waals surface area contributed by atoms with Gasteiger partial charge in [0, 0.05) is 12.2 Å². The standard InChI is InChI=1S/C15H15Cl2N3O2/c1-3-19(12-7-5-4-6-10(12)2)13(21)9-20-15(22)14(17)11(16)8-18-20/h4-8H,3,9H2,1-2H3. The van der Waals surface area contributed by atoms with E-state index in [0.717, 1.165) is 15.9 Å². The third-order valence-electron chi connectivity index (χ3n) is 3.25. The first-order valence-corrected chi connectivity index (χ1v) is 7.48. The number of para-hydroxylation sites is 1. The van der Waals surface area contributed by atoms with Crippen LogP contribution in [0.15, 0.2) is 35.3 Å². The summed E-state index contributed by atoms with van der Waals surface area (Å²) in [6.45, 7) is 4.09. The number of rotatable bonds is 4. The number of carbonyl (C=O) groups is 1. The number of amides is 1. The fourth-order valence-electron chi connectivity index (χ4n) is 2.12. The second-order valence-corrected chi connectivity index (χ2v) is 5.48. The van der Waals surface area contributed by atoms with E-state index in [1.54, 1.807) is 4.90 Å². The first-order valence-electron chi connectivity index (χ1n) is 6.72. The minimum absolute atomic E-state index is 0.0709. The predicted molar refractivity (Wildman–Crippen MR) is 87.7 cm³/mol. The molecule has 0 saturated carbocycles. The molecule has 5 nitrogen and oxygen atoms in total. The lowest BCUT2D eigenvalue weighted by molar-refractivity contribution is -0.119. The Balaban J connectivity index is 2.30. The Morgan fingerprint density at radius 2 is 2.00 bits per heavy atom. The molecular weight excluding hydrogens is 325 g/mol. The highest BCUT2D eigenvalue weighted by atomic mass is 35.5. The minimum Gasteiger partial charge on any atom is -0.311 e. The number of anilines is 1. The summed E-state index contributed by atoms with van der Waals surface area (Å²) in [5.41, 5.74) is 1.21. The van der Waals surface area contributed by atoms with Gasteiger partial charge in [0.15, 0.2) is 0 Å². The lowest BCUT2D eigenvalue weighted by atomic mass is 10.2. The summed E-state index contributed by atoms with van der Waals surface area (Å²) in [5, 5.41) is 3.79. The van der Waals surface area contributed by atoms with Crippen molar-refractivity contribution in [3.63, 3.8) is 0 Å². The van der Waals surface area contributed by atoms with Crippen LogP contribution in [0.25, 0.3) is 0 Å². The predicted octanol–water partition coefficient (Wildman–Crippen LogP) is 2.91. The highest BCUT2D eigenvalue weighted by Gasteiger charge is 2.18. The van der Waals surface area contributed by atoms with E-state index in [2.05, 4.69) is 5.10 Å². The summed E-state index contributed by atoms with van der Waals surface area (Å²) in [4.78, 5) is 26.1. The van der Waals surface area contributed by atoms with Crippen LogP contribution in [0.5, 0.6) is 0 Å². The largest absolute Gasteiger partial charge is 0.311 e. The number of nitrogens with zero attached hydrogens (tertiary/aromatic N) is 3. The molecule has 0 aliphatic heterocycles. The first-order chi connectivity index (χ1) is 10.5. The van der Waals surface area contributed by atoms with Gasteiger partial charge in [-0.3, -0.25) is 9.59 Å². The smallest absolute Gasteiger partial charge is 0.287 e. The van der Waals surface area contributed by atoms with Crippen molar-refractivity contribution in [2.24, 2.45) is 0 Å². The van der Waals surface area contributed by atoms with Crippen LogP contribution < -0.4 is 10.5 Å². The van der Waals surface area contributed by atoms with Crippen molar-refractivity contribution >= 4 is 34.8 Å². The maximum atomic E-state index is 12.5. The maximum Gasteiger partial charge on any atom is 0.287 e. The second-order valence-electron chi connectivity index (χ2n) is 4.69. The molecule has 0 aliphatic rings. The van der Waals surface area contributed by atoms with Gasteiger partial charge in [-0.2, -0.15) is 5.10 Å². The molecule has 7 heteroatoms. The van der Waals surface area contributed by atoms with Crippen LogP contribution in [0.2, 0.25) is 10.0 Å². The summed E-state index contributed by atoms with van der Waals surface area (Å²) >= 11 is 11.5. The highest BCUT2D eigenvalue weighted by Crippen LogP contribution is 2.20. The van der Waals surface area contributed by atoms with Crippen molar-refractivity contribution < 1.29 is 4.79 Å². The second kappa shape index (κ2) is 6.94. The quantitative estimate of drug-likeness (QED) is 0.860. The van der Waals surface area contributed by atoms with Gasteiger partial charge in [0.1, 0.15) is 11.6 Å². The van der Waals surface area contributed by atoms with E-state index in [1.165, 1.54) is 6.20 Å². The van der Waals surface area contributed by atoms with Gasteiger partial charge in [-0.1, -0.05) is 41.4 Å². The monoisotopic (exact) mass is 339 g/mol. The highest BCUT2D eigenvalue weighted by molar-refractivity contribution is 6.41. The van der Waals surface area contributed by atoms with Gasteiger partial charge in [-0.15, -0.1) is 0 Å². The molecule has 1 heterocycles. The normalized spacial score (nSPS) is 10.5. The molecular formula is C15H15Cl2N3O2. The molecule has 0 atom stereocenters. The zero-order chi connectivity index (χ0) is 16.3. The van der Waals surface area contributed by atoms with Crippen LogP contribution in [0.4, 0.5) is 5.69 Å². The lowest BCUT2D eigenvalue weighted by Crippen LogP contribution is -2.37. The molecule has 0 aliphatic carbocycles. The molecule has 2 aromatic rings. The number of carbonyl (C=O) groups excluding carboxylic acids is 1. The van der Waals surface area contributed by atoms with Crippen LogP contribution in [-0.2, 0) is 11.3 Å². The van der Waals surface area contributed by atoms with E-state index in [4.69, 9.17) is 23.2 Å². The maximum absolute atomic E-state index is 12.5. The minimum atomic E-state index is -0.580. The molecule has 0 unspecified atom stereocenters. The van der Waals surface area contributed by atoms with E-state index >= 15 is 0 Å². The van der Waals surface area contributed by atoms with E-state index < -0.39 is 5.56 Å². The van der Waals surface area contributed by atoms with Crippen molar-refractivity contribution in [1.82, 2.24) is 9.78 Å². The summed E-state index contributed by atoms with van der Waals surface area (Å²) in [5.74, 6) is -0.246. The van der Waals surface area contributed by atoms with Crippen LogP contribution >= 0.6 is 23.2 Å². The average Bonchev–Trinajstić information content (AvgIpc) is 2.50. The van der Waals surface area contributed by atoms with E-state index in [0.29, 0.717) is 6.54 Å². The average molecular weight is 340 g/mol. The van der Waals surface area contributed by atoms with Gasteiger partial charge in [0.05, 0.1) is 11.2 Å². The van der Waals surface area contributed by atoms with Crippen molar-refractivity contribution in [3.8, 4) is 0 Å². The molecule has 0 bridgehead atoms. The molecule has 0 spiro atoms. The number of aromatic nitrogens is 2. The number of hydrogen-bond acceptors (Lipinski definition) is 3. The summed E-state index contributed by atoms with van der Waals surface area (Å²) in [6, 6.07) is 7.56. The van der Waals surface area contributed by atoms with Gasteiger partial charge >= 0.3 is 0 Å². The first kappa shape index (κ1) is 16.5. The van der Waals surface area contributed by atoms with Gasteiger partial charge < -0.3 is 4.90 Å². The molecule has 0 saturated heterocycles. The van der Waals surface area contributed by atoms with Crippen molar-refractivity contribution in [1.29, 1.82) is 0 Å². The molecule has 2 rings (SSSR count).